The first-order valence-corrected chi connectivity index (χ1v) is 10.2. The zero-order valence-corrected chi connectivity index (χ0v) is 16.7. The van der Waals surface area contributed by atoms with Gasteiger partial charge in [-0.15, -0.1) is 0 Å². The predicted molar refractivity (Wildman–Crippen MR) is 104 cm³/mol. The molecule has 0 atom stereocenters. The van der Waals surface area contributed by atoms with Crippen LogP contribution in [0.5, 0.6) is 0 Å². The Hall–Kier alpha value is -1.87. The summed E-state index contributed by atoms with van der Waals surface area (Å²) in [6, 6.07) is 12.1. The van der Waals surface area contributed by atoms with Gasteiger partial charge in [0.1, 0.15) is 0 Å². The summed E-state index contributed by atoms with van der Waals surface area (Å²) in [6.07, 6.45) is 1.35. The number of halogens is 1. The molecule has 0 N–H and O–H groups in total. The van der Waals surface area contributed by atoms with Crippen LogP contribution in [0.3, 0.4) is 0 Å². The van der Waals surface area contributed by atoms with E-state index < -0.39 is 16.0 Å². The molecule has 0 spiro atoms. The highest BCUT2D eigenvalue weighted by atomic mass is 127. The zero-order valence-electron chi connectivity index (χ0n) is 13.7. The number of carbonyl (C=O) groups excluding carboxylic acids is 1. The number of aromatic nitrogens is 1. The largest absolute Gasteiger partial charge is 0.462 e. The Kier molecular flexibility index (Phi) is 4.88. The molecule has 7 heteroatoms. The van der Waals surface area contributed by atoms with Crippen LogP contribution in [0.25, 0.3) is 10.9 Å². The Morgan fingerprint density at radius 3 is 2.56 bits per heavy atom. The number of nitrogens with zero attached hydrogens (tertiary/aromatic N) is 1. The van der Waals surface area contributed by atoms with Crippen molar-refractivity contribution in [3.8, 4) is 0 Å². The summed E-state index contributed by atoms with van der Waals surface area (Å²) >= 11 is 2.09. The predicted octanol–water partition coefficient (Wildman–Crippen LogP) is 3.97. The van der Waals surface area contributed by atoms with Crippen molar-refractivity contribution in [3.63, 3.8) is 0 Å². The summed E-state index contributed by atoms with van der Waals surface area (Å²) in [4.78, 5) is 12.5. The maximum Gasteiger partial charge on any atom is 0.340 e. The maximum absolute atomic E-state index is 13.2. The van der Waals surface area contributed by atoms with E-state index in [9.17, 15) is 13.2 Å². The van der Waals surface area contributed by atoms with Crippen LogP contribution < -0.4 is 0 Å². The molecule has 0 amide bonds. The normalized spacial score (nSPS) is 11.6. The highest BCUT2D eigenvalue weighted by Crippen LogP contribution is 2.30. The minimum atomic E-state index is -3.84. The lowest BCUT2D eigenvalue weighted by atomic mass is 10.2. The summed E-state index contributed by atoms with van der Waals surface area (Å²) in [5.74, 6) is -0.532. The fourth-order valence-electron chi connectivity index (χ4n) is 2.73. The molecular weight excluding hydrogens is 453 g/mol. The number of rotatable bonds is 4. The van der Waals surface area contributed by atoms with Gasteiger partial charge in [-0.2, -0.15) is 0 Å². The number of esters is 1. The lowest BCUT2D eigenvalue weighted by Crippen LogP contribution is -2.13. The minimum Gasteiger partial charge on any atom is -0.462 e. The molecule has 3 rings (SSSR count). The highest BCUT2D eigenvalue weighted by molar-refractivity contribution is 14.1. The van der Waals surface area contributed by atoms with Gasteiger partial charge < -0.3 is 4.74 Å². The number of aryl methyl sites for hydroxylation is 1. The first-order valence-electron chi connectivity index (χ1n) is 7.65. The van der Waals surface area contributed by atoms with E-state index in [-0.39, 0.29) is 17.1 Å². The maximum atomic E-state index is 13.2. The molecule has 0 bridgehead atoms. The third-order valence-corrected chi connectivity index (χ3v) is 6.60. The van der Waals surface area contributed by atoms with Crippen molar-refractivity contribution in [1.82, 2.24) is 3.97 Å². The smallest absolute Gasteiger partial charge is 0.340 e. The van der Waals surface area contributed by atoms with Crippen molar-refractivity contribution in [1.29, 1.82) is 0 Å². The third-order valence-electron chi connectivity index (χ3n) is 3.87. The molecule has 0 aliphatic heterocycles. The molecule has 0 unspecified atom stereocenters. The summed E-state index contributed by atoms with van der Waals surface area (Å²) in [5, 5.41) is 0.582. The number of fused-ring (bicyclic) bond motifs is 1. The van der Waals surface area contributed by atoms with Gasteiger partial charge in [0.15, 0.2) is 0 Å². The first-order chi connectivity index (χ1) is 11.9. The van der Waals surface area contributed by atoms with Crippen molar-refractivity contribution >= 4 is 49.5 Å². The molecule has 25 heavy (non-hydrogen) atoms. The van der Waals surface area contributed by atoms with Gasteiger partial charge in [0.05, 0.1) is 22.6 Å². The molecule has 0 aliphatic rings. The molecule has 130 valence electrons. The molecule has 0 radical (unpaired) electrons. The lowest BCUT2D eigenvalue weighted by molar-refractivity contribution is 0.0528. The van der Waals surface area contributed by atoms with Gasteiger partial charge >= 0.3 is 5.97 Å². The summed E-state index contributed by atoms with van der Waals surface area (Å²) in [5.41, 5.74) is 1.35. The van der Waals surface area contributed by atoms with Gasteiger partial charge in [0, 0.05) is 15.2 Å². The Bertz CT molecular complexity index is 1070. The number of benzene rings is 2. The molecule has 0 saturated heterocycles. The highest BCUT2D eigenvalue weighted by Gasteiger charge is 2.26. The van der Waals surface area contributed by atoms with Gasteiger partial charge in [-0.3, -0.25) is 0 Å². The Morgan fingerprint density at radius 1 is 1.16 bits per heavy atom. The van der Waals surface area contributed by atoms with Gasteiger partial charge in [-0.25, -0.2) is 17.2 Å². The fourth-order valence-corrected chi connectivity index (χ4v) is 5.10. The van der Waals surface area contributed by atoms with Crippen LogP contribution in [0.2, 0.25) is 0 Å². The van der Waals surface area contributed by atoms with E-state index >= 15 is 0 Å². The van der Waals surface area contributed by atoms with Crippen molar-refractivity contribution in [2.45, 2.75) is 18.7 Å². The van der Waals surface area contributed by atoms with Gasteiger partial charge in [-0.1, -0.05) is 24.3 Å². The summed E-state index contributed by atoms with van der Waals surface area (Å²) < 4.78 is 33.4. The van der Waals surface area contributed by atoms with Crippen molar-refractivity contribution in [2.75, 3.05) is 6.61 Å². The Morgan fingerprint density at radius 2 is 1.88 bits per heavy atom. The monoisotopic (exact) mass is 469 g/mol. The van der Waals surface area contributed by atoms with E-state index in [0.717, 1.165) is 3.57 Å². The first kappa shape index (κ1) is 17.9. The lowest BCUT2D eigenvalue weighted by Gasteiger charge is -2.10. The van der Waals surface area contributed by atoms with Crippen molar-refractivity contribution in [3.05, 3.63) is 63.4 Å². The molecule has 2 aromatic carbocycles. The van der Waals surface area contributed by atoms with E-state index in [1.165, 1.54) is 10.2 Å². The van der Waals surface area contributed by atoms with Crippen molar-refractivity contribution < 1.29 is 17.9 Å². The Labute approximate surface area is 159 Å². The standard InChI is InChI=1S/C18H16INO4S/c1-3-24-18(21)13-11-20(15-9-6-8-14(19)17(13)15)25(22,23)16-10-5-4-7-12(16)2/h4-11H,3H2,1-2H3. The van der Waals surface area contributed by atoms with Crippen LogP contribution in [0.1, 0.15) is 22.8 Å². The second-order valence-corrected chi connectivity index (χ2v) is 8.41. The van der Waals surface area contributed by atoms with Gasteiger partial charge in [0.25, 0.3) is 10.0 Å². The van der Waals surface area contributed by atoms with Crippen LogP contribution in [0.15, 0.2) is 53.6 Å². The molecule has 0 saturated carbocycles. The van der Waals surface area contributed by atoms with Crippen molar-refractivity contribution in [2.24, 2.45) is 0 Å². The van der Waals surface area contributed by atoms with Gasteiger partial charge in [0.2, 0.25) is 0 Å². The van der Waals surface area contributed by atoms with E-state index in [4.69, 9.17) is 4.74 Å². The second kappa shape index (κ2) is 6.80. The fraction of sp³-hybridized carbons (Fsp3) is 0.167. The van der Waals surface area contributed by atoms with E-state index in [0.29, 0.717) is 16.5 Å². The zero-order chi connectivity index (χ0) is 18.2. The third kappa shape index (κ3) is 3.06. The number of ether oxygens (including phenoxy) is 1. The van der Waals surface area contributed by atoms with E-state index in [2.05, 4.69) is 22.6 Å². The summed E-state index contributed by atoms with van der Waals surface area (Å²) in [6.45, 7) is 3.68. The molecule has 0 fully saturated rings. The quantitative estimate of drug-likeness (QED) is 0.429. The molecule has 1 heterocycles. The number of carbonyl (C=O) groups is 1. The van der Waals surface area contributed by atoms with E-state index in [1.54, 1.807) is 50.2 Å². The molecule has 5 nitrogen and oxygen atoms in total. The topological polar surface area (TPSA) is 65.4 Å². The second-order valence-electron chi connectivity index (χ2n) is 5.46. The Balaban J connectivity index is 2.33. The SMILES string of the molecule is CCOC(=O)c1cn(S(=O)(=O)c2ccccc2C)c2cccc(I)c12. The van der Waals surface area contributed by atoms with Crippen LogP contribution in [-0.4, -0.2) is 25.0 Å². The number of hydrogen-bond acceptors (Lipinski definition) is 4. The molecule has 1 aromatic heterocycles. The molecule has 3 aromatic rings. The number of hydrogen-bond donors (Lipinski definition) is 0. The van der Waals surface area contributed by atoms with Crippen LogP contribution >= 0.6 is 22.6 Å². The molecule has 0 aliphatic carbocycles. The molecular formula is C18H16INO4S. The average molecular weight is 469 g/mol. The van der Waals surface area contributed by atoms with E-state index in [1.807, 2.05) is 6.07 Å². The average Bonchev–Trinajstić information content (AvgIpc) is 2.97. The summed E-state index contributed by atoms with van der Waals surface area (Å²) in [7, 11) is -3.84. The minimum absolute atomic E-state index is 0.209. The van der Waals surface area contributed by atoms with Crippen LogP contribution in [0, 0.1) is 10.5 Å². The van der Waals surface area contributed by atoms with Crippen LogP contribution in [-0.2, 0) is 14.8 Å². The van der Waals surface area contributed by atoms with Crippen LogP contribution in [0.4, 0.5) is 0 Å². The van der Waals surface area contributed by atoms with Gasteiger partial charge in [-0.05, 0) is 60.2 Å².